The van der Waals surface area contributed by atoms with E-state index in [1.165, 1.54) is 25.2 Å². The fraction of sp³-hybridized carbons (Fsp3) is 0.515. The third-order valence-electron chi connectivity index (χ3n) is 7.66. The van der Waals surface area contributed by atoms with Crippen LogP contribution in [0.25, 0.3) is 0 Å². The number of nitrogens with zero attached hydrogens (tertiary/aromatic N) is 1. The van der Waals surface area contributed by atoms with E-state index in [1.54, 1.807) is 57.2 Å². The highest BCUT2D eigenvalue weighted by atomic mass is 35.5. The summed E-state index contributed by atoms with van der Waals surface area (Å²) in [5, 5.41) is 44.0. The van der Waals surface area contributed by atoms with Crippen molar-refractivity contribution in [2.75, 3.05) is 0 Å². The summed E-state index contributed by atoms with van der Waals surface area (Å²) < 4.78 is 10.2. The van der Waals surface area contributed by atoms with Crippen LogP contribution in [-0.4, -0.2) is 80.8 Å². The van der Waals surface area contributed by atoms with Gasteiger partial charge < -0.3 is 35.6 Å². The van der Waals surface area contributed by atoms with Crippen LogP contribution in [0.3, 0.4) is 0 Å². The van der Waals surface area contributed by atoms with Crippen LogP contribution in [0.2, 0.25) is 0 Å². The van der Waals surface area contributed by atoms with Gasteiger partial charge in [-0.1, -0.05) is 73.6 Å². The highest BCUT2D eigenvalue weighted by Crippen LogP contribution is 2.28. The van der Waals surface area contributed by atoms with E-state index in [0.29, 0.717) is 6.42 Å². The van der Waals surface area contributed by atoms with Gasteiger partial charge in [0.2, 0.25) is 0 Å². The number of nitroso groups, excluding NO2 is 1. The zero-order chi connectivity index (χ0) is 35.7. The molecular formula is C33H45ClN2O11. The lowest BCUT2D eigenvalue weighted by Gasteiger charge is -2.30. The lowest BCUT2D eigenvalue weighted by molar-refractivity contribution is -0.154. The quantitative estimate of drug-likeness (QED) is 0.0492. The van der Waals surface area contributed by atoms with E-state index < -0.39 is 84.6 Å². The molecule has 1 fully saturated rings. The SMILES string of the molecule is C/C=C/C(OC(N)=O)C(C)C(O)CC(=O)C(O)C(O)C(C)/C(Cl)=C/C=C/C=C(C)/C=C/C=C/C(=O)OC1CC(C(=O)N=O)CCC1O. The molecule has 9 atom stereocenters. The maximum atomic E-state index is 12.6. The Labute approximate surface area is 279 Å². The van der Waals surface area contributed by atoms with E-state index in [0.717, 1.165) is 11.6 Å². The van der Waals surface area contributed by atoms with Crippen LogP contribution in [0.5, 0.6) is 0 Å². The Kier molecular flexibility index (Phi) is 18.6. The number of allylic oxidation sites excluding steroid dienone is 9. The van der Waals surface area contributed by atoms with E-state index in [4.69, 9.17) is 26.8 Å². The van der Waals surface area contributed by atoms with Crippen LogP contribution in [-0.2, 0) is 23.9 Å². The Morgan fingerprint density at radius 3 is 2.28 bits per heavy atom. The Hall–Kier alpha value is -3.75. The van der Waals surface area contributed by atoms with Gasteiger partial charge in [0, 0.05) is 40.5 Å². The van der Waals surface area contributed by atoms with Gasteiger partial charge in [-0.05, 0) is 45.3 Å². The predicted molar refractivity (Wildman–Crippen MR) is 174 cm³/mol. The maximum absolute atomic E-state index is 12.6. The summed E-state index contributed by atoms with van der Waals surface area (Å²) in [5.41, 5.74) is 5.85. The van der Waals surface area contributed by atoms with Crippen molar-refractivity contribution >= 4 is 35.4 Å². The van der Waals surface area contributed by atoms with E-state index in [2.05, 4.69) is 5.18 Å². The van der Waals surface area contributed by atoms with Crippen LogP contribution in [0.4, 0.5) is 4.79 Å². The third-order valence-corrected chi connectivity index (χ3v) is 8.13. The van der Waals surface area contributed by atoms with Crippen molar-refractivity contribution in [2.24, 2.45) is 28.7 Å². The number of hydrogen-bond donors (Lipinski definition) is 5. The summed E-state index contributed by atoms with van der Waals surface area (Å²) in [6.45, 7) is 6.54. The summed E-state index contributed by atoms with van der Waals surface area (Å²) in [5.74, 6) is -4.60. The van der Waals surface area contributed by atoms with Crippen molar-refractivity contribution in [3.8, 4) is 0 Å². The minimum atomic E-state index is -1.83. The second-order valence-electron chi connectivity index (χ2n) is 11.3. The number of aliphatic hydroxyl groups excluding tert-OH is 4. The highest BCUT2D eigenvalue weighted by Gasteiger charge is 2.36. The average molecular weight is 681 g/mol. The van der Waals surface area contributed by atoms with Crippen molar-refractivity contribution in [1.82, 2.24) is 0 Å². The van der Waals surface area contributed by atoms with Crippen LogP contribution < -0.4 is 5.73 Å². The Balaban J connectivity index is 2.65. The van der Waals surface area contributed by atoms with Gasteiger partial charge in [-0.3, -0.25) is 9.59 Å². The standard InChI is InChI=1S/C33H45ClN2O11/c1-5-10-27(47-33(35)44)21(4)25(38)18-26(39)31(42)30(41)20(3)23(34)13-8-6-11-19(2)12-7-9-14-29(40)46-28-17-22(32(43)36-45)15-16-24(28)37/h5-14,20-22,24-25,27-28,30-31,37-38,41-42H,15-18H2,1-4H3,(H2,35,44)/b8-6+,10-5+,12-7+,14-9+,19-11+,23-13-. The zero-order valence-electron chi connectivity index (χ0n) is 26.8. The molecule has 0 radical (unpaired) electrons. The van der Waals surface area contributed by atoms with Crippen molar-refractivity contribution in [1.29, 1.82) is 0 Å². The molecule has 2 amide bonds. The third kappa shape index (κ3) is 14.7. The minimum Gasteiger partial charge on any atom is -0.456 e. The number of amides is 2. The summed E-state index contributed by atoms with van der Waals surface area (Å²) in [6.07, 6.45) is 7.00. The lowest BCUT2D eigenvalue weighted by atomic mass is 9.85. The first-order valence-corrected chi connectivity index (χ1v) is 15.5. The predicted octanol–water partition coefficient (Wildman–Crippen LogP) is 3.44. The van der Waals surface area contributed by atoms with Crippen LogP contribution in [0.15, 0.2) is 76.5 Å². The number of ketones is 1. The van der Waals surface area contributed by atoms with Gasteiger partial charge in [-0.15, -0.1) is 4.91 Å². The van der Waals surface area contributed by atoms with E-state index in [9.17, 15) is 44.5 Å². The number of primary amides is 1. The lowest BCUT2D eigenvalue weighted by Crippen LogP contribution is -2.42. The molecule has 47 heavy (non-hydrogen) atoms. The molecule has 0 aromatic heterocycles. The topological polar surface area (TPSA) is 223 Å². The second-order valence-corrected chi connectivity index (χ2v) is 11.7. The number of nitrogens with two attached hydrogens (primary N) is 1. The number of carbonyl (C=O) groups is 4. The molecule has 0 spiro atoms. The highest BCUT2D eigenvalue weighted by molar-refractivity contribution is 6.30. The monoisotopic (exact) mass is 680 g/mol. The first-order chi connectivity index (χ1) is 22.1. The van der Waals surface area contributed by atoms with E-state index in [-0.39, 0.29) is 17.9 Å². The molecule has 1 aliphatic carbocycles. The van der Waals surface area contributed by atoms with Crippen LogP contribution in [0, 0.1) is 22.7 Å². The van der Waals surface area contributed by atoms with E-state index >= 15 is 0 Å². The number of hydrogen-bond acceptors (Lipinski definition) is 11. The largest absolute Gasteiger partial charge is 0.456 e. The van der Waals surface area contributed by atoms with Crippen molar-refractivity contribution in [3.05, 3.63) is 76.3 Å². The normalized spacial score (nSPS) is 23.4. The smallest absolute Gasteiger partial charge is 0.405 e. The van der Waals surface area contributed by atoms with Gasteiger partial charge in [-0.25, -0.2) is 9.59 Å². The molecule has 1 aliphatic rings. The molecule has 1 saturated carbocycles. The molecule has 9 unspecified atom stereocenters. The first-order valence-electron chi connectivity index (χ1n) is 15.1. The van der Waals surface area contributed by atoms with Crippen LogP contribution >= 0.6 is 11.6 Å². The summed E-state index contributed by atoms with van der Waals surface area (Å²) in [4.78, 5) is 57.8. The number of halogens is 1. The second kappa shape index (κ2) is 21.2. The first kappa shape index (κ1) is 41.3. The number of esters is 1. The average Bonchev–Trinajstić information content (AvgIpc) is 3.03. The molecule has 0 heterocycles. The zero-order valence-corrected chi connectivity index (χ0v) is 27.6. The van der Waals surface area contributed by atoms with Gasteiger partial charge in [0.25, 0.3) is 5.91 Å². The Morgan fingerprint density at radius 1 is 1.02 bits per heavy atom. The number of aliphatic hydroxyl groups is 4. The Morgan fingerprint density at radius 2 is 1.66 bits per heavy atom. The number of ether oxygens (including phenoxy) is 2. The molecule has 260 valence electrons. The van der Waals surface area contributed by atoms with E-state index in [1.807, 2.05) is 0 Å². The molecule has 0 aromatic carbocycles. The minimum absolute atomic E-state index is 0.0302. The van der Waals surface area contributed by atoms with Crippen molar-refractivity contribution < 1.29 is 49.1 Å². The van der Waals surface area contributed by atoms with Gasteiger partial charge in [-0.2, -0.15) is 0 Å². The fourth-order valence-corrected chi connectivity index (χ4v) is 4.84. The summed E-state index contributed by atoms with van der Waals surface area (Å²) in [7, 11) is 0. The van der Waals surface area contributed by atoms with Crippen molar-refractivity contribution in [3.63, 3.8) is 0 Å². The van der Waals surface area contributed by atoms with Gasteiger partial charge in [0.15, 0.2) is 5.78 Å². The van der Waals surface area contributed by atoms with Gasteiger partial charge in [0.1, 0.15) is 18.3 Å². The van der Waals surface area contributed by atoms with Crippen LogP contribution in [0.1, 0.15) is 53.4 Å². The van der Waals surface area contributed by atoms with Gasteiger partial charge >= 0.3 is 12.1 Å². The number of rotatable bonds is 17. The molecule has 13 nitrogen and oxygen atoms in total. The molecule has 1 rings (SSSR count). The Bertz CT molecular complexity index is 1270. The maximum Gasteiger partial charge on any atom is 0.405 e. The molecule has 0 aliphatic heterocycles. The van der Waals surface area contributed by atoms with Crippen molar-refractivity contribution in [2.45, 2.75) is 90.0 Å². The number of carbonyl (C=O) groups excluding carboxylic acids is 4. The van der Waals surface area contributed by atoms with Gasteiger partial charge in [0.05, 0.1) is 18.3 Å². The molecule has 6 N–H and O–H groups in total. The molecule has 0 bridgehead atoms. The molecule has 0 saturated heterocycles. The molecule has 0 aromatic rings. The number of Topliss-reactive ketones (excluding diaryl/α,β-unsaturated/α-hetero) is 1. The summed E-state index contributed by atoms with van der Waals surface area (Å²) >= 11 is 6.28. The fourth-order valence-electron chi connectivity index (χ4n) is 4.64. The molecule has 14 heteroatoms. The summed E-state index contributed by atoms with van der Waals surface area (Å²) in [6, 6.07) is 0. The molecular weight excluding hydrogens is 636 g/mol.